The van der Waals surface area contributed by atoms with Crippen molar-refractivity contribution in [2.24, 2.45) is 0 Å². The van der Waals surface area contributed by atoms with Crippen molar-refractivity contribution in [3.63, 3.8) is 0 Å². The second kappa shape index (κ2) is 5.98. The summed E-state index contributed by atoms with van der Waals surface area (Å²) in [5.41, 5.74) is 2.12. The molecule has 1 aromatic heterocycles. The summed E-state index contributed by atoms with van der Waals surface area (Å²) in [5, 5.41) is 3.58. The number of ether oxygens (including phenoxy) is 1. The maximum absolute atomic E-state index is 12.5. The molecule has 0 radical (unpaired) electrons. The second-order valence-corrected chi connectivity index (χ2v) is 5.63. The van der Waals surface area contributed by atoms with Crippen LogP contribution in [-0.2, 0) is 0 Å². The highest BCUT2D eigenvalue weighted by atomic mass is 19.3. The summed E-state index contributed by atoms with van der Waals surface area (Å²) in [6.07, 6.45) is 1.01. The first-order valence-corrected chi connectivity index (χ1v) is 7.31. The molecule has 3 rings (SSSR count). The lowest BCUT2D eigenvalue weighted by atomic mass is 10.1. The Morgan fingerprint density at radius 3 is 2.48 bits per heavy atom. The molecule has 1 aliphatic rings. The van der Waals surface area contributed by atoms with Crippen molar-refractivity contribution in [1.82, 2.24) is 14.7 Å². The van der Waals surface area contributed by atoms with Gasteiger partial charge in [0, 0.05) is 6.20 Å². The Labute approximate surface area is 132 Å². The average molecular weight is 321 g/mol. The SMILES string of the molecule is Cc1cccc(C)c1OC1CN(C(=O)c2ccn(C(F)F)n2)C1. The van der Waals surface area contributed by atoms with Crippen LogP contribution in [0.5, 0.6) is 5.75 Å². The molecule has 1 aliphatic heterocycles. The molecule has 0 aliphatic carbocycles. The number of likely N-dealkylation sites (tertiary alicyclic amines) is 1. The number of hydrogen-bond acceptors (Lipinski definition) is 3. The van der Waals surface area contributed by atoms with Gasteiger partial charge in [-0.1, -0.05) is 18.2 Å². The number of halogens is 2. The van der Waals surface area contributed by atoms with E-state index in [1.807, 2.05) is 32.0 Å². The van der Waals surface area contributed by atoms with Gasteiger partial charge in [0.05, 0.1) is 13.1 Å². The molecule has 1 amide bonds. The van der Waals surface area contributed by atoms with Gasteiger partial charge in [-0.05, 0) is 31.0 Å². The molecule has 0 atom stereocenters. The Hall–Kier alpha value is -2.44. The van der Waals surface area contributed by atoms with Gasteiger partial charge in [-0.2, -0.15) is 13.9 Å². The van der Waals surface area contributed by atoms with E-state index in [0.29, 0.717) is 17.8 Å². The third kappa shape index (κ3) is 3.04. The van der Waals surface area contributed by atoms with Crippen LogP contribution in [0.3, 0.4) is 0 Å². The summed E-state index contributed by atoms with van der Waals surface area (Å²) in [7, 11) is 0. The number of amides is 1. The largest absolute Gasteiger partial charge is 0.486 e. The number of para-hydroxylation sites is 1. The molecule has 2 heterocycles. The number of nitrogens with zero attached hydrogens (tertiary/aromatic N) is 3. The van der Waals surface area contributed by atoms with Crippen LogP contribution in [0, 0.1) is 13.8 Å². The van der Waals surface area contributed by atoms with Crippen molar-refractivity contribution in [3.8, 4) is 5.75 Å². The quantitative estimate of drug-likeness (QED) is 0.870. The molecule has 1 aromatic carbocycles. The highest BCUT2D eigenvalue weighted by molar-refractivity contribution is 5.92. The lowest BCUT2D eigenvalue weighted by Crippen LogP contribution is -2.56. The molecular weight excluding hydrogens is 304 g/mol. The first-order chi connectivity index (χ1) is 11.0. The zero-order valence-corrected chi connectivity index (χ0v) is 12.9. The number of hydrogen-bond donors (Lipinski definition) is 0. The summed E-state index contributed by atoms with van der Waals surface area (Å²) in [6.45, 7) is 2.05. The van der Waals surface area contributed by atoms with Crippen LogP contribution < -0.4 is 4.74 Å². The van der Waals surface area contributed by atoms with Crippen molar-refractivity contribution in [2.75, 3.05) is 13.1 Å². The van der Waals surface area contributed by atoms with Gasteiger partial charge in [-0.15, -0.1) is 0 Å². The van der Waals surface area contributed by atoms with Crippen molar-refractivity contribution in [2.45, 2.75) is 26.5 Å². The van der Waals surface area contributed by atoms with E-state index in [0.717, 1.165) is 23.1 Å². The molecule has 0 saturated carbocycles. The molecule has 122 valence electrons. The first-order valence-electron chi connectivity index (χ1n) is 7.31. The number of aryl methyl sites for hydroxylation is 2. The lowest BCUT2D eigenvalue weighted by Gasteiger charge is -2.39. The highest BCUT2D eigenvalue weighted by Gasteiger charge is 2.34. The number of benzene rings is 1. The first kappa shape index (κ1) is 15.5. The maximum Gasteiger partial charge on any atom is 0.333 e. The standard InChI is InChI=1S/C16H17F2N3O2/c1-10-4-3-5-11(2)14(10)23-12-8-20(9-12)15(22)13-6-7-21(19-13)16(17)18/h3-7,12,16H,8-9H2,1-2H3. The monoisotopic (exact) mass is 321 g/mol. The molecule has 0 unspecified atom stereocenters. The third-order valence-corrected chi connectivity index (χ3v) is 3.86. The minimum Gasteiger partial charge on any atom is -0.486 e. The fraction of sp³-hybridized carbons (Fsp3) is 0.375. The Balaban J connectivity index is 1.59. The van der Waals surface area contributed by atoms with E-state index >= 15 is 0 Å². The number of rotatable bonds is 4. The van der Waals surface area contributed by atoms with Crippen molar-refractivity contribution >= 4 is 5.91 Å². The molecule has 5 nitrogen and oxygen atoms in total. The Kier molecular flexibility index (Phi) is 4.02. The van der Waals surface area contributed by atoms with Crippen molar-refractivity contribution < 1.29 is 18.3 Å². The predicted molar refractivity (Wildman–Crippen MR) is 79.7 cm³/mol. The van der Waals surface area contributed by atoms with Crippen LogP contribution >= 0.6 is 0 Å². The summed E-state index contributed by atoms with van der Waals surface area (Å²) in [6, 6.07) is 7.21. The normalized spacial score (nSPS) is 14.9. The molecule has 0 N–H and O–H groups in total. The number of aromatic nitrogens is 2. The van der Waals surface area contributed by atoms with Crippen molar-refractivity contribution in [1.29, 1.82) is 0 Å². The Morgan fingerprint density at radius 2 is 1.91 bits per heavy atom. The van der Waals surface area contributed by atoms with Crippen LogP contribution in [0.2, 0.25) is 0 Å². The molecule has 1 fully saturated rings. The average Bonchev–Trinajstić information content (AvgIpc) is 2.94. The number of carbonyl (C=O) groups excluding carboxylic acids is 1. The summed E-state index contributed by atoms with van der Waals surface area (Å²) in [5.74, 6) is 0.484. The molecule has 0 bridgehead atoms. The van der Waals surface area contributed by atoms with Crippen LogP contribution in [0.15, 0.2) is 30.5 Å². The van der Waals surface area contributed by atoms with Gasteiger partial charge < -0.3 is 9.64 Å². The smallest absolute Gasteiger partial charge is 0.333 e. The zero-order chi connectivity index (χ0) is 16.6. The number of carbonyl (C=O) groups is 1. The fourth-order valence-corrected chi connectivity index (χ4v) is 2.55. The minimum atomic E-state index is -2.74. The van der Waals surface area contributed by atoms with Gasteiger partial charge in [0.1, 0.15) is 11.9 Å². The summed E-state index contributed by atoms with van der Waals surface area (Å²) >= 11 is 0. The molecule has 0 spiro atoms. The van der Waals surface area contributed by atoms with E-state index < -0.39 is 6.55 Å². The van der Waals surface area contributed by atoms with Crippen LogP contribution in [0.4, 0.5) is 8.78 Å². The van der Waals surface area contributed by atoms with E-state index in [1.54, 1.807) is 0 Å². The van der Waals surface area contributed by atoms with E-state index in [9.17, 15) is 13.6 Å². The zero-order valence-electron chi connectivity index (χ0n) is 12.9. The summed E-state index contributed by atoms with van der Waals surface area (Å²) in [4.78, 5) is 13.7. The molecule has 2 aromatic rings. The second-order valence-electron chi connectivity index (χ2n) is 5.63. The molecule has 23 heavy (non-hydrogen) atoms. The van der Waals surface area contributed by atoms with Crippen molar-refractivity contribution in [3.05, 3.63) is 47.3 Å². The molecular formula is C16H17F2N3O2. The summed E-state index contributed by atoms with van der Waals surface area (Å²) < 4.78 is 31.4. The molecule has 7 heteroatoms. The van der Waals surface area contributed by atoms with E-state index in [4.69, 9.17) is 4.74 Å². The molecule has 1 saturated heterocycles. The maximum atomic E-state index is 12.5. The van der Waals surface area contributed by atoms with Gasteiger partial charge in [-0.3, -0.25) is 4.79 Å². The minimum absolute atomic E-state index is 0.0239. The van der Waals surface area contributed by atoms with Gasteiger partial charge in [0.25, 0.3) is 5.91 Å². The van der Waals surface area contributed by atoms with Gasteiger partial charge in [0.2, 0.25) is 0 Å². The third-order valence-electron chi connectivity index (χ3n) is 3.86. The lowest BCUT2D eigenvalue weighted by molar-refractivity contribution is 0.0163. The van der Waals surface area contributed by atoms with E-state index in [-0.39, 0.29) is 17.7 Å². The van der Waals surface area contributed by atoms with Crippen LogP contribution in [0.25, 0.3) is 0 Å². The fourth-order valence-electron chi connectivity index (χ4n) is 2.55. The van der Waals surface area contributed by atoms with Gasteiger partial charge in [-0.25, -0.2) is 4.68 Å². The number of alkyl halides is 2. The topological polar surface area (TPSA) is 47.4 Å². The van der Waals surface area contributed by atoms with E-state index in [2.05, 4.69) is 5.10 Å². The van der Waals surface area contributed by atoms with Gasteiger partial charge in [0.15, 0.2) is 5.69 Å². The Bertz CT molecular complexity index is 704. The Morgan fingerprint density at radius 1 is 1.26 bits per heavy atom. The van der Waals surface area contributed by atoms with Crippen LogP contribution in [0.1, 0.15) is 28.2 Å². The highest BCUT2D eigenvalue weighted by Crippen LogP contribution is 2.26. The van der Waals surface area contributed by atoms with Crippen LogP contribution in [-0.4, -0.2) is 39.8 Å². The predicted octanol–water partition coefficient (Wildman–Crippen LogP) is 2.80. The van der Waals surface area contributed by atoms with E-state index in [1.165, 1.54) is 11.0 Å². The van der Waals surface area contributed by atoms with Gasteiger partial charge >= 0.3 is 6.55 Å².